The summed E-state index contributed by atoms with van der Waals surface area (Å²) in [6, 6.07) is 8.03. The maximum atomic E-state index is 13.6. The number of ether oxygens (including phenoxy) is 2. The zero-order valence-corrected chi connectivity index (χ0v) is 14.6. The van der Waals surface area contributed by atoms with E-state index in [1.54, 1.807) is 19.2 Å². The lowest BCUT2D eigenvalue weighted by molar-refractivity contribution is -0.129. The van der Waals surface area contributed by atoms with Crippen molar-refractivity contribution in [1.29, 1.82) is 0 Å². The molecule has 1 aliphatic heterocycles. The summed E-state index contributed by atoms with van der Waals surface area (Å²) >= 11 is 0. The average Bonchev–Trinajstić information content (AvgIpc) is 2.65. The molecule has 0 fully saturated rings. The Morgan fingerprint density at radius 1 is 1.07 bits per heavy atom. The first kappa shape index (κ1) is 18.6. The number of halogens is 2. The Hall–Kier alpha value is -3.16. The van der Waals surface area contributed by atoms with Gasteiger partial charge >= 0.3 is 0 Å². The van der Waals surface area contributed by atoms with Crippen LogP contribution in [0, 0.1) is 11.6 Å². The van der Waals surface area contributed by atoms with Crippen LogP contribution >= 0.6 is 0 Å². The Balaban J connectivity index is 1.55. The highest BCUT2D eigenvalue weighted by Gasteiger charge is 2.17. The first-order valence-corrected chi connectivity index (χ1v) is 8.30. The van der Waals surface area contributed by atoms with E-state index in [9.17, 15) is 18.4 Å². The van der Waals surface area contributed by atoms with E-state index in [4.69, 9.17) is 9.47 Å². The normalized spacial score (nSPS) is 12.4. The van der Waals surface area contributed by atoms with Gasteiger partial charge < -0.3 is 19.7 Å². The van der Waals surface area contributed by atoms with Gasteiger partial charge in [-0.25, -0.2) is 8.78 Å². The van der Waals surface area contributed by atoms with Crippen molar-refractivity contribution in [1.82, 2.24) is 10.2 Å². The molecule has 0 spiro atoms. The number of hydrogen-bond acceptors (Lipinski definition) is 4. The predicted molar refractivity (Wildman–Crippen MR) is 92.6 cm³/mol. The highest BCUT2D eigenvalue weighted by Crippen LogP contribution is 2.31. The molecule has 1 heterocycles. The predicted octanol–water partition coefficient (Wildman–Crippen LogP) is 2.12. The molecule has 1 N–H and O–H groups in total. The van der Waals surface area contributed by atoms with Crippen LogP contribution in [0.3, 0.4) is 0 Å². The topological polar surface area (TPSA) is 67.9 Å². The van der Waals surface area contributed by atoms with Gasteiger partial charge in [0.05, 0.1) is 12.1 Å². The van der Waals surface area contributed by atoms with Crippen molar-refractivity contribution >= 4 is 11.8 Å². The number of hydrogen-bond donors (Lipinski definition) is 1. The Morgan fingerprint density at radius 2 is 1.81 bits per heavy atom. The average molecular weight is 376 g/mol. The summed E-state index contributed by atoms with van der Waals surface area (Å²) in [6.45, 7) is 0.962. The van der Waals surface area contributed by atoms with Crippen LogP contribution in [-0.4, -0.2) is 43.5 Å². The highest BCUT2D eigenvalue weighted by molar-refractivity contribution is 5.96. The van der Waals surface area contributed by atoms with Gasteiger partial charge in [0, 0.05) is 19.7 Å². The third-order valence-electron chi connectivity index (χ3n) is 4.03. The fourth-order valence-corrected chi connectivity index (χ4v) is 2.61. The second kappa shape index (κ2) is 8.03. The second-order valence-electron chi connectivity index (χ2n) is 6.03. The number of fused-ring (bicyclic) bond motifs is 1. The molecule has 2 aromatic carbocycles. The highest BCUT2D eigenvalue weighted by atomic mass is 19.1. The van der Waals surface area contributed by atoms with Crippen LogP contribution in [0.4, 0.5) is 8.78 Å². The first-order chi connectivity index (χ1) is 12.9. The zero-order valence-electron chi connectivity index (χ0n) is 14.6. The maximum absolute atomic E-state index is 13.6. The molecular formula is C19H18F2N2O4. The minimum atomic E-state index is -0.982. The van der Waals surface area contributed by atoms with Crippen LogP contribution in [0.5, 0.6) is 11.5 Å². The number of likely N-dealkylation sites (N-methyl/N-ethyl adjacent to an activating group) is 1. The van der Waals surface area contributed by atoms with E-state index in [-0.39, 0.29) is 18.0 Å². The lowest BCUT2D eigenvalue weighted by Gasteiger charge is -2.21. The Kier molecular flexibility index (Phi) is 5.54. The van der Waals surface area contributed by atoms with E-state index in [0.29, 0.717) is 37.3 Å². The van der Waals surface area contributed by atoms with Gasteiger partial charge in [-0.2, -0.15) is 0 Å². The molecule has 27 heavy (non-hydrogen) atoms. The van der Waals surface area contributed by atoms with Crippen LogP contribution < -0.4 is 14.8 Å². The van der Waals surface area contributed by atoms with Crippen molar-refractivity contribution in [3.63, 3.8) is 0 Å². The molecule has 0 unspecified atom stereocenters. The number of nitrogens with zero attached hydrogens (tertiary/aromatic N) is 1. The quantitative estimate of drug-likeness (QED) is 0.868. The molecule has 3 rings (SSSR count). The Bertz CT molecular complexity index is 873. The van der Waals surface area contributed by atoms with E-state index in [1.165, 1.54) is 4.90 Å². The van der Waals surface area contributed by atoms with Crippen LogP contribution in [0.15, 0.2) is 36.4 Å². The smallest absolute Gasteiger partial charge is 0.254 e. The monoisotopic (exact) mass is 376 g/mol. The van der Waals surface area contributed by atoms with Crippen LogP contribution in [0.2, 0.25) is 0 Å². The third-order valence-corrected chi connectivity index (χ3v) is 4.03. The largest absolute Gasteiger partial charge is 0.486 e. The molecule has 2 aromatic rings. The molecule has 0 saturated heterocycles. The molecule has 0 radical (unpaired) electrons. The second-order valence-corrected chi connectivity index (χ2v) is 6.03. The van der Waals surface area contributed by atoms with E-state index >= 15 is 0 Å². The van der Waals surface area contributed by atoms with Crippen molar-refractivity contribution in [2.24, 2.45) is 0 Å². The summed E-state index contributed by atoms with van der Waals surface area (Å²) in [5, 5.41) is 2.34. The summed E-state index contributed by atoms with van der Waals surface area (Å²) in [6.07, 6.45) is 0. The number of amides is 2. The molecule has 0 aromatic heterocycles. The molecule has 0 aliphatic carbocycles. The molecule has 1 aliphatic rings. The van der Waals surface area contributed by atoms with Gasteiger partial charge in [-0.15, -0.1) is 0 Å². The number of benzene rings is 2. The van der Waals surface area contributed by atoms with E-state index < -0.39 is 17.5 Å². The molecule has 142 valence electrons. The first-order valence-electron chi connectivity index (χ1n) is 8.30. The summed E-state index contributed by atoms with van der Waals surface area (Å²) in [5.41, 5.74) is 0.518. The molecule has 2 amide bonds. The van der Waals surface area contributed by atoms with Gasteiger partial charge in [0.1, 0.15) is 24.8 Å². The minimum absolute atomic E-state index is 0.302. The summed E-state index contributed by atoms with van der Waals surface area (Å²) in [5.74, 6) is -1.62. The summed E-state index contributed by atoms with van der Waals surface area (Å²) in [7, 11) is 1.59. The number of carbonyl (C=O) groups excluding carboxylic acids is 2. The Morgan fingerprint density at radius 3 is 2.56 bits per heavy atom. The van der Waals surface area contributed by atoms with E-state index in [1.807, 2.05) is 6.07 Å². The fourth-order valence-electron chi connectivity index (χ4n) is 2.61. The molecular weight excluding hydrogens is 358 g/mol. The lowest BCUT2D eigenvalue weighted by Crippen LogP contribution is -2.38. The third kappa shape index (κ3) is 4.52. The van der Waals surface area contributed by atoms with Gasteiger partial charge in [-0.05, 0) is 29.8 Å². The van der Waals surface area contributed by atoms with Gasteiger partial charge in [0.15, 0.2) is 11.5 Å². The van der Waals surface area contributed by atoms with Gasteiger partial charge in [-0.1, -0.05) is 6.07 Å². The molecule has 0 saturated carbocycles. The molecule has 8 heteroatoms. The minimum Gasteiger partial charge on any atom is -0.486 e. The van der Waals surface area contributed by atoms with Crippen LogP contribution in [0.1, 0.15) is 15.9 Å². The van der Waals surface area contributed by atoms with Crippen molar-refractivity contribution in [2.45, 2.75) is 6.54 Å². The van der Waals surface area contributed by atoms with Crippen molar-refractivity contribution in [2.75, 3.05) is 26.8 Å². The standard InChI is InChI=1S/C19H18F2N2O4/c1-23(11-12-2-5-16-17(8-12)27-7-6-26-16)18(24)10-22-19(25)14-4-3-13(20)9-15(14)21/h2-5,8-9H,6-7,10-11H2,1H3,(H,22,25). The fraction of sp³-hybridized carbons (Fsp3) is 0.263. The lowest BCUT2D eigenvalue weighted by atomic mass is 10.2. The van der Waals surface area contributed by atoms with E-state index in [2.05, 4.69) is 5.32 Å². The number of nitrogens with one attached hydrogen (secondary N) is 1. The van der Waals surface area contributed by atoms with Gasteiger partial charge in [0.25, 0.3) is 5.91 Å². The van der Waals surface area contributed by atoms with Crippen molar-refractivity contribution in [3.8, 4) is 11.5 Å². The van der Waals surface area contributed by atoms with Crippen molar-refractivity contribution < 1.29 is 27.8 Å². The summed E-state index contributed by atoms with van der Waals surface area (Å²) < 4.78 is 37.4. The Labute approximate surface area is 154 Å². The maximum Gasteiger partial charge on any atom is 0.254 e. The molecule has 6 nitrogen and oxygen atoms in total. The number of carbonyl (C=O) groups is 2. The molecule has 0 bridgehead atoms. The number of rotatable bonds is 5. The van der Waals surface area contributed by atoms with Crippen LogP contribution in [-0.2, 0) is 11.3 Å². The van der Waals surface area contributed by atoms with Crippen molar-refractivity contribution in [3.05, 3.63) is 59.2 Å². The van der Waals surface area contributed by atoms with Gasteiger partial charge in [0.2, 0.25) is 5.91 Å². The van der Waals surface area contributed by atoms with Gasteiger partial charge in [-0.3, -0.25) is 9.59 Å². The zero-order chi connectivity index (χ0) is 19.4. The molecule has 0 atom stereocenters. The van der Waals surface area contributed by atoms with Crippen LogP contribution in [0.25, 0.3) is 0 Å². The summed E-state index contributed by atoms with van der Waals surface area (Å²) in [4.78, 5) is 25.6. The SMILES string of the molecule is CN(Cc1ccc2c(c1)OCCO2)C(=O)CNC(=O)c1ccc(F)cc1F. The van der Waals surface area contributed by atoms with E-state index in [0.717, 1.165) is 17.7 Å².